The summed E-state index contributed by atoms with van der Waals surface area (Å²) in [5, 5.41) is 4.22. The number of carbonyl (C=O) groups is 1. The van der Waals surface area contributed by atoms with Gasteiger partial charge in [-0.15, -0.1) is 0 Å². The maximum Gasteiger partial charge on any atom is 0.182 e. The minimum Gasteiger partial charge on any atom is -0.383 e. The van der Waals surface area contributed by atoms with Crippen molar-refractivity contribution in [3.05, 3.63) is 16.4 Å². The van der Waals surface area contributed by atoms with E-state index in [0.29, 0.717) is 43.6 Å². The zero-order chi connectivity index (χ0) is 15.8. The summed E-state index contributed by atoms with van der Waals surface area (Å²) < 4.78 is 7.51. The van der Waals surface area contributed by atoms with Crippen LogP contribution in [0.25, 0.3) is 0 Å². The van der Waals surface area contributed by atoms with E-state index >= 15 is 0 Å². The average Bonchev–Trinajstić information content (AvgIpc) is 2.81. The molecule has 0 amide bonds. The van der Waals surface area contributed by atoms with Crippen molar-refractivity contribution in [3.8, 4) is 0 Å². The highest BCUT2D eigenvalue weighted by Crippen LogP contribution is 2.24. The summed E-state index contributed by atoms with van der Waals surface area (Å²) in [5.41, 5.74) is 6.29. The number of methoxy groups -OCH3 is 1. The molecule has 0 aromatic carbocycles. The summed E-state index contributed by atoms with van der Waals surface area (Å²) in [6.45, 7) is 6.16. The molecule has 0 saturated heterocycles. The number of nitrogens with two attached hydrogens (primary N) is 1. The number of hydrogen-bond donors (Lipinski definition) is 1. The highest BCUT2D eigenvalue weighted by molar-refractivity contribution is 9.10. The lowest BCUT2D eigenvalue weighted by molar-refractivity contribution is 0.0954. The predicted octanol–water partition coefficient (Wildman–Crippen LogP) is 2.88. The number of halogens is 1. The summed E-state index contributed by atoms with van der Waals surface area (Å²) in [5.74, 6) is 1.16. The summed E-state index contributed by atoms with van der Waals surface area (Å²) in [6.07, 6.45) is 4.04. The maximum absolute atomic E-state index is 12.5. The first kappa shape index (κ1) is 18.3. The minimum absolute atomic E-state index is 0.123. The fraction of sp³-hybridized carbons (Fsp3) is 0.733. The topological polar surface area (TPSA) is 70.1 Å². The number of rotatable bonds is 10. The van der Waals surface area contributed by atoms with Crippen molar-refractivity contribution in [1.82, 2.24) is 9.78 Å². The van der Waals surface area contributed by atoms with Crippen molar-refractivity contribution in [3.63, 3.8) is 0 Å². The molecule has 0 radical (unpaired) electrons. The highest BCUT2D eigenvalue weighted by atomic mass is 79.9. The van der Waals surface area contributed by atoms with Crippen LogP contribution in [-0.2, 0) is 11.3 Å². The van der Waals surface area contributed by atoms with E-state index in [1.54, 1.807) is 18.0 Å². The molecule has 0 spiro atoms. The summed E-state index contributed by atoms with van der Waals surface area (Å²) in [4.78, 5) is 12.5. The Morgan fingerprint density at radius 3 is 2.76 bits per heavy atom. The molecule has 0 fully saturated rings. The lowest BCUT2D eigenvalue weighted by Crippen LogP contribution is -2.18. The molecule has 21 heavy (non-hydrogen) atoms. The molecular formula is C15H26BrN3O2. The molecule has 1 aromatic rings. The van der Waals surface area contributed by atoms with Crippen LogP contribution in [0.3, 0.4) is 0 Å². The van der Waals surface area contributed by atoms with Crippen LogP contribution >= 0.6 is 15.9 Å². The molecule has 0 bridgehead atoms. The third kappa shape index (κ3) is 5.52. The van der Waals surface area contributed by atoms with Gasteiger partial charge in [-0.25, -0.2) is 0 Å². The van der Waals surface area contributed by atoms with E-state index in [2.05, 4.69) is 34.9 Å². The molecule has 0 aliphatic carbocycles. The molecule has 1 unspecified atom stereocenters. The van der Waals surface area contributed by atoms with Gasteiger partial charge in [-0.1, -0.05) is 13.8 Å². The first-order valence-corrected chi connectivity index (χ1v) is 8.24. The number of ketones is 1. The summed E-state index contributed by atoms with van der Waals surface area (Å²) in [6, 6.07) is 0. The van der Waals surface area contributed by atoms with Crippen LogP contribution in [0.1, 0.15) is 43.6 Å². The monoisotopic (exact) mass is 359 g/mol. The fourth-order valence-corrected chi connectivity index (χ4v) is 2.96. The van der Waals surface area contributed by atoms with Crippen molar-refractivity contribution in [2.24, 2.45) is 17.6 Å². The summed E-state index contributed by atoms with van der Waals surface area (Å²) >= 11 is 3.41. The Morgan fingerprint density at radius 2 is 2.19 bits per heavy atom. The zero-order valence-corrected chi connectivity index (χ0v) is 14.7. The second-order valence-electron chi connectivity index (χ2n) is 5.60. The molecule has 2 N–H and O–H groups in total. The Balaban J connectivity index is 2.68. The molecular weight excluding hydrogens is 334 g/mol. The molecule has 1 rings (SSSR count). The third-order valence-corrected chi connectivity index (χ3v) is 4.37. The predicted molar refractivity (Wildman–Crippen MR) is 87.4 cm³/mol. The van der Waals surface area contributed by atoms with Gasteiger partial charge in [-0.2, -0.15) is 5.10 Å². The standard InChI is InChI=1S/C15H26BrN3O2/c1-11(2)12(6-7-17)4-5-14(20)15-13(16)10-18-19(15)8-9-21-3/h10-12H,4-9,17H2,1-3H3. The van der Waals surface area contributed by atoms with Crippen LogP contribution in [0.15, 0.2) is 10.7 Å². The molecule has 1 heterocycles. The van der Waals surface area contributed by atoms with Crippen LogP contribution in [0.2, 0.25) is 0 Å². The van der Waals surface area contributed by atoms with Crippen LogP contribution in [0, 0.1) is 11.8 Å². The molecule has 120 valence electrons. The fourth-order valence-electron chi connectivity index (χ4n) is 2.45. The van der Waals surface area contributed by atoms with Crippen LogP contribution in [0.5, 0.6) is 0 Å². The second kappa shape index (κ2) is 9.33. The zero-order valence-electron chi connectivity index (χ0n) is 13.1. The Morgan fingerprint density at radius 1 is 1.48 bits per heavy atom. The number of Topliss-reactive ketones (excluding diaryl/α,β-unsaturated/α-hetero) is 1. The van der Waals surface area contributed by atoms with Crippen LogP contribution in [-0.4, -0.2) is 35.8 Å². The quantitative estimate of drug-likeness (QED) is 0.652. The number of ether oxygens (including phenoxy) is 1. The van der Waals surface area contributed by atoms with Gasteiger partial charge in [-0.05, 0) is 47.2 Å². The molecule has 6 heteroatoms. The highest BCUT2D eigenvalue weighted by Gasteiger charge is 2.20. The van der Waals surface area contributed by atoms with Gasteiger partial charge in [0.15, 0.2) is 5.78 Å². The van der Waals surface area contributed by atoms with Crippen molar-refractivity contribution in [2.75, 3.05) is 20.3 Å². The third-order valence-electron chi connectivity index (χ3n) is 3.79. The van der Waals surface area contributed by atoms with E-state index in [1.807, 2.05) is 0 Å². The molecule has 1 atom stereocenters. The second-order valence-corrected chi connectivity index (χ2v) is 6.45. The Labute approximate surface area is 135 Å². The van der Waals surface area contributed by atoms with Gasteiger partial charge in [0.05, 0.1) is 23.8 Å². The Hall–Kier alpha value is -0.720. The van der Waals surface area contributed by atoms with Crippen molar-refractivity contribution < 1.29 is 9.53 Å². The smallest absolute Gasteiger partial charge is 0.182 e. The van der Waals surface area contributed by atoms with E-state index in [1.165, 1.54) is 0 Å². The average molecular weight is 360 g/mol. The lowest BCUT2D eigenvalue weighted by atomic mass is 9.87. The number of carbonyl (C=O) groups excluding carboxylic acids is 1. The van der Waals surface area contributed by atoms with E-state index in [-0.39, 0.29) is 5.78 Å². The SMILES string of the molecule is COCCn1ncc(Br)c1C(=O)CCC(CCN)C(C)C. The Bertz CT molecular complexity index is 446. The van der Waals surface area contributed by atoms with Crippen molar-refractivity contribution in [1.29, 1.82) is 0 Å². The van der Waals surface area contributed by atoms with E-state index in [4.69, 9.17) is 10.5 Å². The summed E-state index contributed by atoms with van der Waals surface area (Å²) in [7, 11) is 1.64. The van der Waals surface area contributed by atoms with Gasteiger partial charge in [0.1, 0.15) is 5.69 Å². The van der Waals surface area contributed by atoms with Gasteiger partial charge in [-0.3, -0.25) is 9.48 Å². The number of hydrogen-bond acceptors (Lipinski definition) is 4. The Kier molecular flexibility index (Phi) is 8.14. The first-order chi connectivity index (χ1) is 10.0. The van der Waals surface area contributed by atoms with Gasteiger partial charge in [0.25, 0.3) is 0 Å². The van der Waals surface area contributed by atoms with Crippen LogP contribution in [0.4, 0.5) is 0 Å². The number of nitrogens with zero attached hydrogens (tertiary/aromatic N) is 2. The van der Waals surface area contributed by atoms with Gasteiger partial charge < -0.3 is 10.5 Å². The minimum atomic E-state index is 0.123. The van der Waals surface area contributed by atoms with Crippen molar-refractivity contribution >= 4 is 21.7 Å². The molecule has 0 aliphatic heterocycles. The van der Waals surface area contributed by atoms with E-state index in [9.17, 15) is 4.79 Å². The van der Waals surface area contributed by atoms with Gasteiger partial charge in [0, 0.05) is 13.5 Å². The largest absolute Gasteiger partial charge is 0.383 e. The van der Waals surface area contributed by atoms with Crippen LogP contribution < -0.4 is 5.73 Å². The normalized spacial score (nSPS) is 12.9. The lowest BCUT2D eigenvalue weighted by Gasteiger charge is -2.19. The maximum atomic E-state index is 12.5. The molecule has 0 saturated carbocycles. The molecule has 0 aliphatic rings. The van der Waals surface area contributed by atoms with E-state index < -0.39 is 0 Å². The van der Waals surface area contributed by atoms with Gasteiger partial charge >= 0.3 is 0 Å². The molecule has 1 aromatic heterocycles. The van der Waals surface area contributed by atoms with E-state index in [0.717, 1.165) is 17.3 Å². The first-order valence-electron chi connectivity index (χ1n) is 7.44. The van der Waals surface area contributed by atoms with Gasteiger partial charge in [0.2, 0.25) is 0 Å². The van der Waals surface area contributed by atoms with Crippen molar-refractivity contribution in [2.45, 2.75) is 39.7 Å². The number of aromatic nitrogens is 2. The molecule has 5 nitrogen and oxygen atoms in total.